The number of carboxylic acid groups (broad SMARTS) is 1. The lowest BCUT2D eigenvalue weighted by Crippen LogP contribution is -2.55. The number of rotatable bonds is 7. The van der Waals surface area contributed by atoms with Crippen LogP contribution in [0.1, 0.15) is 25.0 Å². The Labute approximate surface area is 185 Å². The molecule has 1 aliphatic rings. The summed E-state index contributed by atoms with van der Waals surface area (Å²) < 4.78 is 19.0. The number of nitrogens with zero attached hydrogens (tertiary/aromatic N) is 2. The summed E-state index contributed by atoms with van der Waals surface area (Å²) in [6.45, 7) is 5.25. The van der Waals surface area contributed by atoms with Gasteiger partial charge in [-0.2, -0.15) is 0 Å². The molecule has 31 heavy (non-hydrogen) atoms. The van der Waals surface area contributed by atoms with Crippen molar-refractivity contribution in [1.82, 2.24) is 9.80 Å². The second-order valence-corrected chi connectivity index (χ2v) is 8.05. The number of aliphatic carboxylic acids is 1. The second kappa shape index (κ2) is 9.96. The van der Waals surface area contributed by atoms with E-state index in [4.69, 9.17) is 21.4 Å². The van der Waals surface area contributed by atoms with Gasteiger partial charge in [0.25, 0.3) is 0 Å². The summed E-state index contributed by atoms with van der Waals surface area (Å²) in [5.41, 5.74) is 2.01. The van der Waals surface area contributed by atoms with Crippen LogP contribution < -0.4 is 4.74 Å². The first-order valence-corrected chi connectivity index (χ1v) is 10.3. The topological polar surface area (TPSA) is 70.1 Å². The minimum atomic E-state index is -0.931. The van der Waals surface area contributed by atoms with E-state index in [1.165, 1.54) is 12.1 Å². The molecule has 1 fully saturated rings. The van der Waals surface area contributed by atoms with Crippen LogP contribution in [0.2, 0.25) is 5.02 Å². The van der Waals surface area contributed by atoms with Gasteiger partial charge in [0.05, 0.1) is 17.5 Å². The summed E-state index contributed by atoms with van der Waals surface area (Å²) >= 11 is 6.24. The van der Waals surface area contributed by atoms with Gasteiger partial charge < -0.3 is 14.7 Å². The van der Waals surface area contributed by atoms with E-state index in [-0.39, 0.29) is 31.1 Å². The van der Waals surface area contributed by atoms with E-state index in [1.807, 2.05) is 23.6 Å². The van der Waals surface area contributed by atoms with Gasteiger partial charge in [0.2, 0.25) is 0 Å². The van der Waals surface area contributed by atoms with Crippen LogP contribution in [0.4, 0.5) is 4.39 Å². The van der Waals surface area contributed by atoms with E-state index in [0.717, 1.165) is 5.56 Å². The Balaban J connectivity index is 1.67. The van der Waals surface area contributed by atoms with Crippen LogP contribution in [0.25, 0.3) is 0 Å². The van der Waals surface area contributed by atoms with Gasteiger partial charge in [0, 0.05) is 19.1 Å². The van der Waals surface area contributed by atoms with Gasteiger partial charge in [-0.1, -0.05) is 29.8 Å². The van der Waals surface area contributed by atoms with Gasteiger partial charge >= 0.3 is 5.97 Å². The van der Waals surface area contributed by atoms with Crippen molar-refractivity contribution < 1.29 is 23.8 Å². The van der Waals surface area contributed by atoms with Crippen molar-refractivity contribution in [3.05, 3.63) is 70.1 Å². The third kappa shape index (κ3) is 5.64. The molecule has 1 N–H and O–H groups in total. The van der Waals surface area contributed by atoms with Gasteiger partial charge in [0.15, 0.2) is 0 Å². The molecule has 1 aliphatic heterocycles. The predicted octanol–water partition coefficient (Wildman–Crippen LogP) is 3.75. The average Bonchev–Trinajstić information content (AvgIpc) is 2.72. The fourth-order valence-electron chi connectivity index (χ4n) is 3.68. The van der Waals surface area contributed by atoms with Crippen molar-refractivity contribution in [2.45, 2.75) is 38.9 Å². The molecule has 164 valence electrons. The number of halogens is 2. The maximum atomic E-state index is 13.2. The number of benzene rings is 2. The number of carbonyl (C=O) groups excluding carboxylic acids is 1. The van der Waals surface area contributed by atoms with Gasteiger partial charge in [-0.05, 0) is 49.2 Å². The Hall–Kier alpha value is -2.86. The third-order valence-electron chi connectivity index (χ3n) is 5.39. The molecule has 2 atom stereocenters. The standard InChI is InChI=1S/C23H24ClFN2O4/c1-15-11-26(14-31-22-8-5-18(9-20(22)24)10-23(29)30)16(2)21(13-28)27(15)12-17-3-6-19(25)7-4-17/h3-9,15-16H,10-12,14H2,1-2H3,(H,29,30)/t15-,16+/m0/s1. The van der Waals surface area contributed by atoms with Gasteiger partial charge in [-0.25, -0.2) is 9.18 Å². The van der Waals surface area contributed by atoms with Crippen molar-refractivity contribution in [3.8, 4) is 5.75 Å². The highest BCUT2D eigenvalue weighted by Crippen LogP contribution is 2.29. The van der Waals surface area contributed by atoms with Crippen LogP contribution >= 0.6 is 11.6 Å². The van der Waals surface area contributed by atoms with E-state index < -0.39 is 5.97 Å². The molecular weight excluding hydrogens is 423 g/mol. The smallest absolute Gasteiger partial charge is 0.307 e. The highest BCUT2D eigenvalue weighted by Gasteiger charge is 2.34. The van der Waals surface area contributed by atoms with Crippen LogP contribution in [-0.4, -0.2) is 52.2 Å². The Kier molecular flexibility index (Phi) is 7.33. The fraction of sp³-hybridized carbons (Fsp3) is 0.348. The average molecular weight is 447 g/mol. The van der Waals surface area contributed by atoms with Crippen LogP contribution in [0.5, 0.6) is 5.75 Å². The van der Waals surface area contributed by atoms with E-state index in [0.29, 0.717) is 35.1 Å². The molecule has 8 heteroatoms. The summed E-state index contributed by atoms with van der Waals surface area (Å²) in [5, 5.41) is 9.23. The molecule has 0 saturated carbocycles. The van der Waals surface area contributed by atoms with Crippen molar-refractivity contribution >= 4 is 23.5 Å². The molecule has 0 unspecified atom stereocenters. The number of carbonyl (C=O) groups is 1. The van der Waals surface area contributed by atoms with Gasteiger partial charge in [-0.15, -0.1) is 0 Å². The maximum absolute atomic E-state index is 13.2. The number of carboxylic acids is 1. The van der Waals surface area contributed by atoms with Crippen molar-refractivity contribution in [3.63, 3.8) is 0 Å². The van der Waals surface area contributed by atoms with Crippen LogP contribution in [0, 0.1) is 5.82 Å². The molecule has 0 radical (unpaired) electrons. The first kappa shape index (κ1) is 22.8. The van der Waals surface area contributed by atoms with Crippen molar-refractivity contribution in [2.75, 3.05) is 13.3 Å². The molecule has 2 aromatic carbocycles. The number of ether oxygens (including phenoxy) is 1. The third-order valence-corrected chi connectivity index (χ3v) is 5.69. The first-order chi connectivity index (χ1) is 14.8. The predicted molar refractivity (Wildman–Crippen MR) is 115 cm³/mol. The lowest BCUT2D eigenvalue weighted by Gasteiger charge is -2.45. The Morgan fingerprint density at radius 3 is 2.52 bits per heavy atom. The zero-order valence-corrected chi connectivity index (χ0v) is 18.1. The van der Waals surface area contributed by atoms with E-state index >= 15 is 0 Å². The molecular formula is C23H24ClFN2O4. The SMILES string of the molecule is C[C@@H]1C(=C=O)N(Cc2ccc(F)cc2)[C@@H](C)CN1COc1ccc(CC(=O)O)cc1Cl. The summed E-state index contributed by atoms with van der Waals surface area (Å²) in [7, 11) is 0. The molecule has 1 heterocycles. The zero-order valence-electron chi connectivity index (χ0n) is 17.3. The van der Waals surface area contributed by atoms with Gasteiger partial charge in [-0.3, -0.25) is 9.69 Å². The quantitative estimate of drug-likeness (QED) is 0.653. The highest BCUT2D eigenvalue weighted by atomic mass is 35.5. The molecule has 3 rings (SSSR count). The Morgan fingerprint density at radius 1 is 1.23 bits per heavy atom. The summed E-state index contributed by atoms with van der Waals surface area (Å²) in [4.78, 5) is 26.6. The molecule has 0 spiro atoms. The van der Waals surface area contributed by atoms with Crippen LogP contribution in [0.15, 0.2) is 48.2 Å². The van der Waals surface area contributed by atoms with E-state index in [1.54, 1.807) is 30.3 Å². The fourth-order valence-corrected chi connectivity index (χ4v) is 3.94. The number of hydrogen-bond donors (Lipinski definition) is 1. The minimum Gasteiger partial charge on any atom is -0.481 e. The van der Waals surface area contributed by atoms with Crippen molar-refractivity contribution in [2.24, 2.45) is 0 Å². The molecule has 2 aromatic rings. The highest BCUT2D eigenvalue weighted by molar-refractivity contribution is 6.32. The molecule has 0 bridgehead atoms. The number of hydrogen-bond acceptors (Lipinski definition) is 5. The lowest BCUT2D eigenvalue weighted by atomic mass is 10.0. The van der Waals surface area contributed by atoms with E-state index in [2.05, 4.69) is 5.94 Å². The first-order valence-electron chi connectivity index (χ1n) is 9.91. The van der Waals surface area contributed by atoms with Gasteiger partial charge in [0.1, 0.15) is 29.9 Å². The largest absolute Gasteiger partial charge is 0.481 e. The molecule has 6 nitrogen and oxygen atoms in total. The maximum Gasteiger partial charge on any atom is 0.307 e. The molecule has 1 saturated heterocycles. The summed E-state index contributed by atoms with van der Waals surface area (Å²) in [5.74, 6) is 1.29. The Bertz CT molecular complexity index is 992. The lowest BCUT2D eigenvalue weighted by molar-refractivity contribution is -0.136. The van der Waals surface area contributed by atoms with Crippen LogP contribution in [0.3, 0.4) is 0 Å². The molecule has 0 amide bonds. The second-order valence-electron chi connectivity index (χ2n) is 7.65. The summed E-state index contributed by atoms with van der Waals surface area (Å²) in [6, 6.07) is 10.9. The normalized spacial score (nSPS) is 19.2. The van der Waals surface area contributed by atoms with Crippen LogP contribution in [-0.2, 0) is 22.6 Å². The molecule has 0 aromatic heterocycles. The zero-order chi connectivity index (χ0) is 22.5. The molecule has 0 aliphatic carbocycles. The Morgan fingerprint density at radius 2 is 1.90 bits per heavy atom. The van der Waals surface area contributed by atoms with Crippen molar-refractivity contribution in [1.29, 1.82) is 0 Å². The summed E-state index contributed by atoms with van der Waals surface area (Å²) in [6.07, 6.45) is -0.113. The van der Waals surface area contributed by atoms with E-state index in [9.17, 15) is 14.0 Å². The minimum absolute atomic E-state index is 0.00900. The number of piperazine rings is 1. The monoisotopic (exact) mass is 446 g/mol.